The number of carboxylic acid groups (broad SMARTS) is 1. The van der Waals surface area contributed by atoms with Gasteiger partial charge in [0.15, 0.2) is 0 Å². The Morgan fingerprint density at radius 1 is 1.12 bits per heavy atom. The fourth-order valence-electron chi connectivity index (χ4n) is 1.22. The fourth-order valence-corrected chi connectivity index (χ4v) is 1.22. The lowest BCUT2D eigenvalue weighted by Crippen LogP contribution is -2.33. The molecule has 0 saturated heterocycles. The summed E-state index contributed by atoms with van der Waals surface area (Å²) in [6.07, 6.45) is 0.149. The van der Waals surface area contributed by atoms with Crippen molar-refractivity contribution < 1.29 is 19.5 Å². The lowest BCUT2D eigenvalue weighted by atomic mass is 10.2. The summed E-state index contributed by atoms with van der Waals surface area (Å²) in [6, 6.07) is 0. The Morgan fingerprint density at radius 2 is 1.69 bits per heavy atom. The Balaban J connectivity index is 3.82. The minimum absolute atomic E-state index is 0.0304. The Labute approximate surface area is 94.6 Å². The molecule has 2 N–H and O–H groups in total. The summed E-state index contributed by atoms with van der Waals surface area (Å²) in [5, 5.41) is 10.5. The SMILES string of the molecule is CCN(CC)C(=O)CCC(=O)NCC(=O)O. The summed E-state index contributed by atoms with van der Waals surface area (Å²) < 4.78 is 0. The molecule has 0 saturated carbocycles. The molecule has 0 unspecified atom stereocenters. The highest BCUT2D eigenvalue weighted by Gasteiger charge is 2.12. The Hall–Kier alpha value is -1.59. The van der Waals surface area contributed by atoms with Gasteiger partial charge in [0.1, 0.15) is 6.54 Å². The molecule has 0 atom stereocenters. The highest BCUT2D eigenvalue weighted by Crippen LogP contribution is 1.97. The van der Waals surface area contributed by atoms with Gasteiger partial charge in [-0.2, -0.15) is 0 Å². The van der Waals surface area contributed by atoms with Gasteiger partial charge in [-0.15, -0.1) is 0 Å². The molecule has 0 aromatic heterocycles. The first-order valence-electron chi connectivity index (χ1n) is 5.27. The van der Waals surface area contributed by atoms with Crippen LogP contribution in [0.5, 0.6) is 0 Å². The van der Waals surface area contributed by atoms with E-state index in [0.717, 1.165) is 0 Å². The lowest BCUT2D eigenvalue weighted by molar-refractivity contribution is -0.138. The number of rotatable bonds is 7. The quantitative estimate of drug-likeness (QED) is 0.636. The third kappa shape index (κ3) is 6.00. The van der Waals surface area contributed by atoms with Crippen molar-refractivity contribution in [1.29, 1.82) is 0 Å². The fraction of sp³-hybridized carbons (Fsp3) is 0.700. The Morgan fingerprint density at radius 3 is 2.12 bits per heavy atom. The first kappa shape index (κ1) is 14.4. The number of aliphatic carboxylic acids is 1. The molecule has 0 heterocycles. The molecule has 0 spiro atoms. The van der Waals surface area contributed by atoms with E-state index < -0.39 is 18.4 Å². The molecular weight excluding hydrogens is 212 g/mol. The van der Waals surface area contributed by atoms with Crippen LogP contribution in [0, 0.1) is 0 Å². The van der Waals surface area contributed by atoms with Crippen LogP contribution >= 0.6 is 0 Å². The summed E-state index contributed by atoms with van der Waals surface area (Å²) >= 11 is 0. The maximum absolute atomic E-state index is 11.5. The first-order chi connectivity index (χ1) is 7.51. The third-order valence-electron chi connectivity index (χ3n) is 2.12. The molecular formula is C10H18N2O4. The van der Waals surface area contributed by atoms with Crippen LogP contribution in [-0.2, 0) is 14.4 Å². The number of carbonyl (C=O) groups excluding carboxylic acids is 2. The van der Waals surface area contributed by atoms with Gasteiger partial charge in [-0.05, 0) is 13.8 Å². The van der Waals surface area contributed by atoms with Crippen LogP contribution in [0.1, 0.15) is 26.7 Å². The van der Waals surface area contributed by atoms with E-state index in [1.807, 2.05) is 13.8 Å². The minimum atomic E-state index is -1.09. The van der Waals surface area contributed by atoms with E-state index in [1.54, 1.807) is 4.90 Å². The normalized spacial score (nSPS) is 9.62. The number of hydrogen-bond acceptors (Lipinski definition) is 3. The zero-order chi connectivity index (χ0) is 12.6. The van der Waals surface area contributed by atoms with Crippen LogP contribution in [0.15, 0.2) is 0 Å². The van der Waals surface area contributed by atoms with E-state index in [4.69, 9.17) is 5.11 Å². The van der Waals surface area contributed by atoms with Crippen LogP contribution in [-0.4, -0.2) is 47.4 Å². The first-order valence-corrected chi connectivity index (χ1v) is 5.27. The van der Waals surface area contributed by atoms with Gasteiger partial charge in [-0.25, -0.2) is 0 Å². The van der Waals surface area contributed by atoms with Crippen molar-refractivity contribution >= 4 is 17.8 Å². The zero-order valence-corrected chi connectivity index (χ0v) is 9.65. The Bertz CT molecular complexity index is 262. The van der Waals surface area contributed by atoms with Crippen molar-refractivity contribution in [3.63, 3.8) is 0 Å². The van der Waals surface area contributed by atoms with Gasteiger partial charge in [0, 0.05) is 25.9 Å². The van der Waals surface area contributed by atoms with Crippen LogP contribution in [0.3, 0.4) is 0 Å². The second-order valence-electron chi connectivity index (χ2n) is 3.24. The Kier molecular flexibility index (Phi) is 6.91. The molecule has 92 valence electrons. The standard InChI is InChI=1S/C10H18N2O4/c1-3-12(4-2)9(14)6-5-8(13)11-7-10(15)16/h3-7H2,1-2H3,(H,11,13)(H,15,16). The summed E-state index contributed by atoms with van der Waals surface area (Å²) in [7, 11) is 0. The molecule has 0 aromatic rings. The molecule has 0 radical (unpaired) electrons. The van der Waals surface area contributed by atoms with Crippen molar-refractivity contribution in [2.75, 3.05) is 19.6 Å². The average molecular weight is 230 g/mol. The molecule has 6 nitrogen and oxygen atoms in total. The van der Waals surface area contributed by atoms with Gasteiger partial charge in [-0.1, -0.05) is 0 Å². The largest absolute Gasteiger partial charge is 0.480 e. The van der Waals surface area contributed by atoms with Gasteiger partial charge in [0.05, 0.1) is 0 Å². The van der Waals surface area contributed by atoms with Crippen LogP contribution in [0.25, 0.3) is 0 Å². The molecule has 0 aliphatic carbocycles. The highest BCUT2D eigenvalue weighted by molar-refractivity contribution is 5.85. The van der Waals surface area contributed by atoms with Crippen molar-refractivity contribution in [2.45, 2.75) is 26.7 Å². The molecule has 6 heteroatoms. The lowest BCUT2D eigenvalue weighted by Gasteiger charge is -2.18. The number of carbonyl (C=O) groups is 3. The van der Waals surface area contributed by atoms with Gasteiger partial charge < -0.3 is 15.3 Å². The molecule has 0 bridgehead atoms. The van der Waals surface area contributed by atoms with Crippen LogP contribution in [0.4, 0.5) is 0 Å². The van der Waals surface area contributed by atoms with E-state index in [2.05, 4.69) is 5.32 Å². The molecule has 16 heavy (non-hydrogen) atoms. The number of nitrogens with one attached hydrogen (secondary N) is 1. The highest BCUT2D eigenvalue weighted by atomic mass is 16.4. The predicted molar refractivity (Wildman–Crippen MR) is 57.8 cm³/mol. The van der Waals surface area contributed by atoms with Gasteiger partial charge in [0.2, 0.25) is 11.8 Å². The number of carboxylic acids is 1. The maximum atomic E-state index is 11.5. The van der Waals surface area contributed by atoms with Crippen LogP contribution in [0.2, 0.25) is 0 Å². The minimum Gasteiger partial charge on any atom is -0.480 e. The smallest absolute Gasteiger partial charge is 0.322 e. The zero-order valence-electron chi connectivity index (χ0n) is 9.65. The second-order valence-corrected chi connectivity index (χ2v) is 3.24. The summed E-state index contributed by atoms with van der Waals surface area (Å²) in [6.45, 7) is 4.56. The second kappa shape index (κ2) is 7.67. The van der Waals surface area contributed by atoms with E-state index in [1.165, 1.54) is 0 Å². The summed E-state index contributed by atoms with van der Waals surface area (Å²) in [5.41, 5.74) is 0. The van der Waals surface area contributed by atoms with E-state index in [0.29, 0.717) is 13.1 Å². The van der Waals surface area contributed by atoms with E-state index >= 15 is 0 Å². The molecule has 0 aliphatic rings. The van der Waals surface area contributed by atoms with E-state index in [9.17, 15) is 14.4 Å². The summed E-state index contributed by atoms with van der Waals surface area (Å²) in [5.74, 6) is -1.60. The third-order valence-corrected chi connectivity index (χ3v) is 2.12. The molecule has 0 aliphatic heterocycles. The van der Waals surface area contributed by atoms with Crippen molar-refractivity contribution in [3.05, 3.63) is 0 Å². The number of amides is 2. The van der Waals surface area contributed by atoms with Crippen molar-refractivity contribution in [1.82, 2.24) is 10.2 Å². The van der Waals surface area contributed by atoms with Crippen molar-refractivity contribution in [3.8, 4) is 0 Å². The van der Waals surface area contributed by atoms with Gasteiger partial charge in [-0.3, -0.25) is 14.4 Å². The predicted octanol–water partition coefficient (Wildman–Crippen LogP) is -0.164. The molecule has 0 rings (SSSR count). The average Bonchev–Trinajstić information content (AvgIpc) is 2.25. The molecule has 0 aromatic carbocycles. The number of nitrogens with zero attached hydrogens (tertiary/aromatic N) is 1. The molecule has 0 fully saturated rings. The topological polar surface area (TPSA) is 86.7 Å². The molecule has 2 amide bonds. The number of hydrogen-bond donors (Lipinski definition) is 2. The van der Waals surface area contributed by atoms with Gasteiger partial charge in [0.25, 0.3) is 0 Å². The van der Waals surface area contributed by atoms with E-state index in [-0.39, 0.29) is 18.7 Å². The van der Waals surface area contributed by atoms with Gasteiger partial charge >= 0.3 is 5.97 Å². The van der Waals surface area contributed by atoms with Crippen molar-refractivity contribution in [2.24, 2.45) is 0 Å². The van der Waals surface area contributed by atoms with Crippen LogP contribution < -0.4 is 5.32 Å². The monoisotopic (exact) mass is 230 g/mol. The summed E-state index contributed by atoms with van der Waals surface area (Å²) in [4.78, 5) is 34.4. The maximum Gasteiger partial charge on any atom is 0.322 e.